The summed E-state index contributed by atoms with van der Waals surface area (Å²) in [4.78, 5) is 9.23. The minimum atomic E-state index is 0.925. The van der Waals surface area contributed by atoms with E-state index in [9.17, 15) is 0 Å². The van der Waals surface area contributed by atoms with Crippen molar-refractivity contribution in [3.63, 3.8) is 0 Å². The summed E-state index contributed by atoms with van der Waals surface area (Å²) in [6.07, 6.45) is 1.82. The molecule has 0 bridgehead atoms. The van der Waals surface area contributed by atoms with Crippen molar-refractivity contribution in [3.8, 4) is 11.4 Å². The van der Waals surface area contributed by atoms with E-state index in [0.717, 1.165) is 28.1 Å². The van der Waals surface area contributed by atoms with Crippen LogP contribution in [0.2, 0.25) is 0 Å². The van der Waals surface area contributed by atoms with Crippen molar-refractivity contribution in [2.45, 2.75) is 6.92 Å². The van der Waals surface area contributed by atoms with E-state index in [1.54, 1.807) is 0 Å². The van der Waals surface area contributed by atoms with E-state index in [-0.39, 0.29) is 0 Å². The molecule has 3 heteroatoms. The second-order valence-electron chi connectivity index (χ2n) is 4.93. The quantitative estimate of drug-likeness (QED) is 0.519. The second kappa shape index (κ2) is 4.17. The van der Waals surface area contributed by atoms with Gasteiger partial charge in [-0.1, -0.05) is 36.4 Å². The van der Waals surface area contributed by atoms with E-state index in [2.05, 4.69) is 51.6 Å². The molecule has 2 aromatic carbocycles. The van der Waals surface area contributed by atoms with Crippen LogP contribution in [-0.4, -0.2) is 14.4 Å². The molecule has 2 aromatic heterocycles. The molecule has 4 rings (SSSR count). The molecule has 0 atom stereocenters. The molecule has 0 fully saturated rings. The second-order valence-corrected chi connectivity index (χ2v) is 4.93. The summed E-state index contributed by atoms with van der Waals surface area (Å²) in [5.74, 6) is 0.925. The van der Waals surface area contributed by atoms with Gasteiger partial charge in [0.2, 0.25) is 0 Å². The number of aryl methyl sites for hydroxylation is 1. The van der Waals surface area contributed by atoms with Crippen molar-refractivity contribution < 1.29 is 0 Å². The fourth-order valence-corrected chi connectivity index (χ4v) is 2.57. The lowest BCUT2D eigenvalue weighted by molar-refractivity contribution is 1.12. The molecule has 0 amide bonds. The fraction of sp³-hybridized carbons (Fsp3) is 0.0588. The third-order valence-electron chi connectivity index (χ3n) is 3.50. The smallest absolute Gasteiger partial charge is 0.146 e. The maximum Gasteiger partial charge on any atom is 0.146 e. The first-order chi connectivity index (χ1) is 9.83. The van der Waals surface area contributed by atoms with Crippen molar-refractivity contribution in [2.24, 2.45) is 0 Å². The fourth-order valence-electron chi connectivity index (χ4n) is 2.57. The van der Waals surface area contributed by atoms with Crippen molar-refractivity contribution in [1.29, 1.82) is 0 Å². The zero-order chi connectivity index (χ0) is 13.5. The van der Waals surface area contributed by atoms with Crippen LogP contribution in [0, 0.1) is 6.92 Å². The Kier molecular flexibility index (Phi) is 2.33. The number of rotatable bonds is 1. The number of fused-ring (bicyclic) bond motifs is 3. The lowest BCUT2D eigenvalue weighted by Gasteiger charge is -2.05. The maximum absolute atomic E-state index is 4.69. The van der Waals surface area contributed by atoms with E-state index < -0.39 is 0 Å². The molecule has 96 valence electrons. The Morgan fingerprint density at radius 2 is 1.80 bits per heavy atom. The molecule has 0 radical (unpaired) electrons. The van der Waals surface area contributed by atoms with Crippen LogP contribution < -0.4 is 0 Å². The average Bonchev–Trinajstić information content (AvgIpc) is 2.85. The van der Waals surface area contributed by atoms with Crippen molar-refractivity contribution in [1.82, 2.24) is 14.4 Å². The molecule has 0 saturated heterocycles. The van der Waals surface area contributed by atoms with Crippen molar-refractivity contribution in [3.05, 3.63) is 66.4 Å². The number of aromatic nitrogens is 3. The third-order valence-corrected chi connectivity index (χ3v) is 3.50. The molecule has 0 aliphatic rings. The zero-order valence-corrected chi connectivity index (χ0v) is 11.1. The molecule has 20 heavy (non-hydrogen) atoms. The highest BCUT2D eigenvalue weighted by atomic mass is 15.1. The van der Waals surface area contributed by atoms with E-state index in [1.807, 2.05) is 30.5 Å². The number of benzene rings is 2. The summed E-state index contributed by atoms with van der Waals surface area (Å²) in [5, 5.41) is 0. The van der Waals surface area contributed by atoms with Gasteiger partial charge in [0.25, 0.3) is 0 Å². The standard InChI is InChI=1S/C17H13N3/c1-12-7-8-15-14(11-12)19-16-9-10-18-17(20(15)16)13-5-3-2-4-6-13/h2-11H,1H3. The molecule has 0 aliphatic carbocycles. The molecule has 0 N–H and O–H groups in total. The number of nitrogens with zero attached hydrogens (tertiary/aromatic N) is 3. The summed E-state index contributed by atoms with van der Waals surface area (Å²) < 4.78 is 2.12. The van der Waals surface area contributed by atoms with Gasteiger partial charge in [-0.2, -0.15) is 0 Å². The molecule has 0 unspecified atom stereocenters. The Morgan fingerprint density at radius 3 is 2.65 bits per heavy atom. The van der Waals surface area contributed by atoms with Crippen molar-refractivity contribution in [2.75, 3.05) is 0 Å². The van der Waals surface area contributed by atoms with Gasteiger partial charge in [-0.15, -0.1) is 0 Å². The van der Waals surface area contributed by atoms with Crippen LogP contribution in [-0.2, 0) is 0 Å². The highest BCUT2D eigenvalue weighted by molar-refractivity contribution is 5.83. The first-order valence-electron chi connectivity index (χ1n) is 6.62. The van der Waals surface area contributed by atoms with E-state index in [0.29, 0.717) is 0 Å². The Morgan fingerprint density at radius 1 is 0.950 bits per heavy atom. The lowest BCUT2D eigenvalue weighted by atomic mass is 10.2. The van der Waals surface area contributed by atoms with Gasteiger partial charge in [-0.3, -0.25) is 4.40 Å². The maximum atomic E-state index is 4.69. The van der Waals surface area contributed by atoms with Gasteiger partial charge in [0, 0.05) is 11.8 Å². The summed E-state index contributed by atoms with van der Waals surface area (Å²) in [5.41, 5.74) is 5.35. The highest BCUT2D eigenvalue weighted by Crippen LogP contribution is 2.24. The van der Waals surface area contributed by atoms with Crippen LogP contribution >= 0.6 is 0 Å². The number of imidazole rings is 1. The van der Waals surface area contributed by atoms with Crippen molar-refractivity contribution >= 4 is 16.7 Å². The average molecular weight is 259 g/mol. The van der Waals surface area contributed by atoms with Gasteiger partial charge < -0.3 is 0 Å². The van der Waals surface area contributed by atoms with Gasteiger partial charge in [0.1, 0.15) is 11.5 Å². The van der Waals surface area contributed by atoms with Crippen LogP contribution in [0.4, 0.5) is 0 Å². The van der Waals surface area contributed by atoms with Gasteiger partial charge in [-0.05, 0) is 30.7 Å². The monoisotopic (exact) mass is 259 g/mol. The molecule has 2 heterocycles. The third kappa shape index (κ3) is 1.60. The molecule has 0 spiro atoms. The van der Waals surface area contributed by atoms with Gasteiger partial charge in [-0.25, -0.2) is 9.97 Å². The minimum absolute atomic E-state index is 0.925. The van der Waals surface area contributed by atoms with Crippen LogP contribution in [0.15, 0.2) is 60.8 Å². The van der Waals surface area contributed by atoms with Crippen LogP contribution in [0.1, 0.15) is 5.56 Å². The zero-order valence-electron chi connectivity index (χ0n) is 11.1. The predicted molar refractivity (Wildman–Crippen MR) is 80.7 cm³/mol. The summed E-state index contributed by atoms with van der Waals surface area (Å²) >= 11 is 0. The predicted octanol–water partition coefficient (Wildman–Crippen LogP) is 3.86. The minimum Gasteiger partial charge on any atom is -0.276 e. The van der Waals surface area contributed by atoms with Crippen LogP contribution in [0.3, 0.4) is 0 Å². The largest absolute Gasteiger partial charge is 0.276 e. The normalized spacial score (nSPS) is 11.2. The molecule has 0 saturated carbocycles. The Labute approximate surface area is 116 Å². The van der Waals surface area contributed by atoms with Gasteiger partial charge in [0.15, 0.2) is 0 Å². The summed E-state index contributed by atoms with van der Waals surface area (Å²) in [6.45, 7) is 2.08. The van der Waals surface area contributed by atoms with E-state index in [4.69, 9.17) is 0 Å². The number of hydrogen-bond donors (Lipinski definition) is 0. The molecule has 0 aliphatic heterocycles. The van der Waals surface area contributed by atoms with Crippen LogP contribution in [0.25, 0.3) is 28.1 Å². The SMILES string of the molecule is Cc1ccc2c(c1)nc1ccnc(-c3ccccc3)n12. The lowest BCUT2D eigenvalue weighted by Crippen LogP contribution is -1.95. The Hall–Kier alpha value is -2.68. The Bertz CT molecular complexity index is 907. The molecule has 4 aromatic rings. The van der Waals surface area contributed by atoms with Gasteiger partial charge in [0.05, 0.1) is 11.0 Å². The molecular formula is C17H13N3. The Balaban J connectivity index is 2.14. The number of hydrogen-bond acceptors (Lipinski definition) is 2. The van der Waals surface area contributed by atoms with E-state index >= 15 is 0 Å². The first-order valence-corrected chi connectivity index (χ1v) is 6.62. The summed E-state index contributed by atoms with van der Waals surface area (Å²) in [6, 6.07) is 18.5. The van der Waals surface area contributed by atoms with E-state index in [1.165, 1.54) is 5.56 Å². The first kappa shape index (κ1) is 11.2. The van der Waals surface area contributed by atoms with Crippen LogP contribution in [0.5, 0.6) is 0 Å². The molecular weight excluding hydrogens is 246 g/mol. The molecule has 3 nitrogen and oxygen atoms in total. The highest BCUT2D eigenvalue weighted by Gasteiger charge is 2.10. The topological polar surface area (TPSA) is 30.2 Å². The summed E-state index contributed by atoms with van der Waals surface area (Å²) in [7, 11) is 0. The van der Waals surface area contributed by atoms with Gasteiger partial charge >= 0.3 is 0 Å².